The number of aliphatic carboxylic acids is 1. The number of benzene rings is 1. The van der Waals surface area contributed by atoms with Crippen LogP contribution in [0.2, 0.25) is 0 Å². The van der Waals surface area contributed by atoms with Crippen molar-refractivity contribution in [3.8, 4) is 0 Å². The van der Waals surface area contributed by atoms with Crippen LogP contribution < -0.4 is 5.76 Å². The minimum atomic E-state index is -0.761. The number of nitrogens with zero attached hydrogens (tertiary/aromatic N) is 1. The van der Waals surface area contributed by atoms with Crippen LogP contribution in [-0.4, -0.2) is 15.6 Å². The van der Waals surface area contributed by atoms with E-state index in [1.54, 1.807) is 4.57 Å². The molecular formula is C15H19NO4. The van der Waals surface area contributed by atoms with E-state index >= 15 is 0 Å². The van der Waals surface area contributed by atoms with Gasteiger partial charge < -0.3 is 9.52 Å². The smallest absolute Gasteiger partial charge is 0.419 e. The van der Waals surface area contributed by atoms with Crippen LogP contribution in [0.15, 0.2) is 27.4 Å². The quantitative estimate of drug-likeness (QED) is 0.790. The van der Waals surface area contributed by atoms with Gasteiger partial charge in [0.15, 0.2) is 5.58 Å². The topological polar surface area (TPSA) is 72.4 Å². The molecule has 0 amide bonds. The minimum absolute atomic E-state index is 0.199. The summed E-state index contributed by atoms with van der Waals surface area (Å²) in [5.41, 5.74) is 2.51. The highest BCUT2D eigenvalue weighted by Crippen LogP contribution is 2.17. The third-order valence-electron chi connectivity index (χ3n) is 3.29. The molecule has 108 valence electrons. The normalized spacial score (nSPS) is 11.1. The summed E-state index contributed by atoms with van der Waals surface area (Å²) in [6, 6.07) is 5.76. The molecule has 0 bridgehead atoms. The number of carboxylic acid groups (broad SMARTS) is 1. The van der Waals surface area contributed by atoms with Gasteiger partial charge in [0.2, 0.25) is 0 Å². The van der Waals surface area contributed by atoms with Crippen molar-refractivity contribution >= 4 is 17.1 Å². The molecule has 2 rings (SSSR count). The molecule has 0 aliphatic heterocycles. The van der Waals surface area contributed by atoms with Crippen LogP contribution >= 0.6 is 0 Å². The Hall–Kier alpha value is -2.04. The molecule has 5 heteroatoms. The van der Waals surface area contributed by atoms with Gasteiger partial charge in [-0.05, 0) is 43.4 Å². The first-order valence-corrected chi connectivity index (χ1v) is 6.96. The molecule has 0 radical (unpaired) electrons. The summed E-state index contributed by atoms with van der Waals surface area (Å²) in [5.74, 6) is -1.08. The average Bonchev–Trinajstić information content (AvgIpc) is 2.71. The van der Waals surface area contributed by atoms with Gasteiger partial charge in [0.05, 0.1) is 5.52 Å². The standard InChI is InChI=1S/C15H19NO4/c1-2-9-16-12-8-7-11(5-3-4-6-14(17)18)10-13(12)20-15(16)19/h7-8,10H,2-6,9H2,1H3,(H,17,18). The van der Waals surface area contributed by atoms with Gasteiger partial charge in [-0.2, -0.15) is 0 Å². The summed E-state index contributed by atoms with van der Waals surface area (Å²) in [5, 5.41) is 8.58. The molecule has 1 aromatic carbocycles. The van der Waals surface area contributed by atoms with E-state index in [2.05, 4.69) is 0 Å². The van der Waals surface area contributed by atoms with E-state index in [-0.39, 0.29) is 12.2 Å². The summed E-state index contributed by atoms with van der Waals surface area (Å²) in [6.45, 7) is 2.67. The van der Waals surface area contributed by atoms with E-state index in [1.807, 2.05) is 25.1 Å². The van der Waals surface area contributed by atoms with Crippen LogP contribution in [0.3, 0.4) is 0 Å². The fourth-order valence-corrected chi connectivity index (χ4v) is 2.31. The van der Waals surface area contributed by atoms with Gasteiger partial charge in [0.1, 0.15) is 0 Å². The number of oxazole rings is 1. The number of fused-ring (bicyclic) bond motifs is 1. The summed E-state index contributed by atoms with van der Waals surface area (Å²) >= 11 is 0. The zero-order valence-corrected chi connectivity index (χ0v) is 11.6. The third kappa shape index (κ3) is 3.29. The Bertz CT molecular complexity index is 653. The number of carboxylic acids is 1. The van der Waals surface area contributed by atoms with Gasteiger partial charge in [-0.1, -0.05) is 13.0 Å². The summed E-state index contributed by atoms with van der Waals surface area (Å²) < 4.78 is 6.89. The molecule has 0 aliphatic carbocycles. The first kappa shape index (κ1) is 14.4. The lowest BCUT2D eigenvalue weighted by molar-refractivity contribution is -0.137. The Balaban J connectivity index is 2.10. The molecule has 2 aromatic rings. The SMILES string of the molecule is CCCn1c(=O)oc2cc(CCCCC(=O)O)ccc21. The molecule has 20 heavy (non-hydrogen) atoms. The van der Waals surface area contributed by atoms with E-state index in [0.717, 1.165) is 30.3 Å². The van der Waals surface area contributed by atoms with Crippen molar-refractivity contribution in [2.75, 3.05) is 0 Å². The van der Waals surface area contributed by atoms with Gasteiger partial charge in [-0.3, -0.25) is 9.36 Å². The lowest BCUT2D eigenvalue weighted by Crippen LogP contribution is -2.13. The largest absolute Gasteiger partial charge is 0.481 e. The van der Waals surface area contributed by atoms with Crippen LogP contribution in [0.25, 0.3) is 11.1 Å². The highest BCUT2D eigenvalue weighted by molar-refractivity contribution is 5.73. The fraction of sp³-hybridized carbons (Fsp3) is 0.467. The first-order valence-electron chi connectivity index (χ1n) is 6.96. The van der Waals surface area contributed by atoms with E-state index in [4.69, 9.17) is 9.52 Å². The highest BCUT2D eigenvalue weighted by Gasteiger charge is 2.09. The van der Waals surface area contributed by atoms with Crippen LogP contribution in [0.1, 0.15) is 38.2 Å². The molecule has 0 unspecified atom stereocenters. The summed E-state index contributed by atoms with van der Waals surface area (Å²) in [6.07, 6.45) is 3.35. The van der Waals surface area contributed by atoms with Gasteiger partial charge in [0.25, 0.3) is 0 Å². The average molecular weight is 277 g/mol. The van der Waals surface area contributed by atoms with Crippen LogP contribution in [0, 0.1) is 0 Å². The van der Waals surface area contributed by atoms with Gasteiger partial charge in [0, 0.05) is 13.0 Å². The Labute approximate surface area is 116 Å². The molecular weight excluding hydrogens is 258 g/mol. The lowest BCUT2D eigenvalue weighted by atomic mass is 10.1. The Morgan fingerprint density at radius 1 is 1.35 bits per heavy atom. The predicted octanol–water partition coefficient (Wildman–Crippen LogP) is 2.80. The maximum Gasteiger partial charge on any atom is 0.419 e. The molecule has 0 saturated carbocycles. The van der Waals surface area contributed by atoms with Crippen LogP contribution in [-0.2, 0) is 17.8 Å². The maximum atomic E-state index is 11.7. The highest BCUT2D eigenvalue weighted by atomic mass is 16.4. The second kappa shape index (κ2) is 6.41. The second-order valence-electron chi connectivity index (χ2n) is 4.92. The number of hydrogen-bond acceptors (Lipinski definition) is 3. The second-order valence-corrected chi connectivity index (χ2v) is 4.92. The van der Waals surface area contributed by atoms with E-state index in [9.17, 15) is 9.59 Å². The van der Waals surface area contributed by atoms with Gasteiger partial charge >= 0.3 is 11.7 Å². The zero-order chi connectivity index (χ0) is 14.5. The zero-order valence-electron chi connectivity index (χ0n) is 11.6. The summed E-state index contributed by atoms with van der Waals surface area (Å²) in [4.78, 5) is 22.1. The molecule has 1 N–H and O–H groups in total. The van der Waals surface area contributed by atoms with Crippen molar-refractivity contribution < 1.29 is 14.3 Å². The number of unbranched alkanes of at least 4 members (excludes halogenated alkanes) is 1. The van der Waals surface area contributed by atoms with Crippen molar-refractivity contribution in [3.63, 3.8) is 0 Å². The molecule has 1 heterocycles. The Morgan fingerprint density at radius 2 is 2.15 bits per heavy atom. The predicted molar refractivity (Wildman–Crippen MR) is 76.0 cm³/mol. The molecule has 1 aromatic heterocycles. The minimum Gasteiger partial charge on any atom is -0.481 e. The van der Waals surface area contributed by atoms with Gasteiger partial charge in [-0.25, -0.2) is 4.79 Å². The Kier molecular flexibility index (Phi) is 4.61. The first-order chi connectivity index (χ1) is 9.61. The van der Waals surface area contributed by atoms with E-state index < -0.39 is 5.97 Å². The number of hydrogen-bond donors (Lipinski definition) is 1. The lowest BCUT2D eigenvalue weighted by Gasteiger charge is -2.02. The van der Waals surface area contributed by atoms with Crippen LogP contribution in [0.4, 0.5) is 0 Å². The number of carbonyl (C=O) groups is 1. The molecule has 0 saturated heterocycles. The Morgan fingerprint density at radius 3 is 2.85 bits per heavy atom. The van der Waals surface area contributed by atoms with Crippen LogP contribution in [0.5, 0.6) is 0 Å². The van der Waals surface area contributed by atoms with Crippen molar-refractivity contribution in [1.82, 2.24) is 4.57 Å². The fourth-order valence-electron chi connectivity index (χ4n) is 2.31. The number of aromatic nitrogens is 1. The number of rotatable bonds is 7. The van der Waals surface area contributed by atoms with E-state index in [0.29, 0.717) is 18.5 Å². The van der Waals surface area contributed by atoms with E-state index in [1.165, 1.54) is 0 Å². The van der Waals surface area contributed by atoms with Crippen molar-refractivity contribution in [2.45, 2.75) is 45.6 Å². The van der Waals surface area contributed by atoms with Crippen molar-refractivity contribution in [1.29, 1.82) is 0 Å². The van der Waals surface area contributed by atoms with Crippen molar-refractivity contribution in [2.24, 2.45) is 0 Å². The monoisotopic (exact) mass is 277 g/mol. The number of aryl methyl sites for hydroxylation is 2. The molecule has 5 nitrogen and oxygen atoms in total. The van der Waals surface area contributed by atoms with Crippen molar-refractivity contribution in [3.05, 3.63) is 34.3 Å². The van der Waals surface area contributed by atoms with Gasteiger partial charge in [-0.15, -0.1) is 0 Å². The maximum absolute atomic E-state index is 11.7. The molecule has 0 fully saturated rings. The molecule has 0 aliphatic rings. The molecule has 0 spiro atoms. The third-order valence-corrected chi connectivity index (χ3v) is 3.29. The summed E-state index contributed by atoms with van der Waals surface area (Å²) in [7, 11) is 0. The molecule has 0 atom stereocenters.